The summed E-state index contributed by atoms with van der Waals surface area (Å²) in [4.78, 5) is 23.9. The third-order valence-electron chi connectivity index (χ3n) is 3.60. The van der Waals surface area contributed by atoms with Gasteiger partial charge in [-0.05, 0) is 37.0 Å². The number of benzene rings is 1. The smallest absolute Gasteiger partial charge is 0.328 e. The molecule has 0 unspecified atom stereocenters. The molecule has 0 aliphatic carbocycles. The maximum atomic E-state index is 12.1. The van der Waals surface area contributed by atoms with Crippen molar-refractivity contribution in [1.29, 1.82) is 0 Å². The van der Waals surface area contributed by atoms with E-state index < -0.39 is 18.0 Å². The average molecular weight is 292 g/mol. The van der Waals surface area contributed by atoms with Crippen LogP contribution in [0.2, 0.25) is 0 Å². The summed E-state index contributed by atoms with van der Waals surface area (Å²) < 4.78 is 4.75. The number of esters is 1. The number of carbonyl (C=O) groups excluding carboxylic acids is 2. The van der Waals surface area contributed by atoms with Gasteiger partial charge >= 0.3 is 12.0 Å². The molecule has 0 radical (unpaired) electrons. The SMILES string of the molecule is CC[C@H](C)[C@@H](NC(=O)Nc1cc(C)ccc1C)C(=O)OC. The molecule has 0 fully saturated rings. The number of hydrogen-bond donors (Lipinski definition) is 2. The van der Waals surface area contributed by atoms with Gasteiger partial charge in [0.15, 0.2) is 0 Å². The zero-order valence-electron chi connectivity index (χ0n) is 13.3. The highest BCUT2D eigenvalue weighted by atomic mass is 16.5. The van der Waals surface area contributed by atoms with Gasteiger partial charge in [-0.15, -0.1) is 0 Å². The van der Waals surface area contributed by atoms with E-state index in [1.165, 1.54) is 7.11 Å². The van der Waals surface area contributed by atoms with Crippen molar-refractivity contribution in [3.05, 3.63) is 29.3 Å². The Hall–Kier alpha value is -2.04. The Labute approximate surface area is 126 Å². The first-order chi connectivity index (χ1) is 9.88. The van der Waals surface area contributed by atoms with Crippen molar-refractivity contribution in [3.63, 3.8) is 0 Å². The van der Waals surface area contributed by atoms with Gasteiger partial charge in [0.05, 0.1) is 7.11 Å². The molecule has 2 N–H and O–H groups in total. The minimum atomic E-state index is -0.648. The third kappa shape index (κ3) is 4.77. The fourth-order valence-electron chi connectivity index (χ4n) is 1.97. The number of carbonyl (C=O) groups is 2. The summed E-state index contributed by atoms with van der Waals surface area (Å²) >= 11 is 0. The Balaban J connectivity index is 2.78. The van der Waals surface area contributed by atoms with Crippen molar-refractivity contribution < 1.29 is 14.3 Å². The number of amides is 2. The Morgan fingerprint density at radius 3 is 2.52 bits per heavy atom. The molecule has 1 aromatic carbocycles. The van der Waals surface area contributed by atoms with E-state index in [0.29, 0.717) is 0 Å². The Bertz CT molecular complexity index is 514. The van der Waals surface area contributed by atoms with E-state index in [-0.39, 0.29) is 5.92 Å². The Morgan fingerprint density at radius 2 is 1.95 bits per heavy atom. The van der Waals surface area contributed by atoms with Crippen LogP contribution >= 0.6 is 0 Å². The van der Waals surface area contributed by atoms with Gasteiger partial charge in [0.1, 0.15) is 6.04 Å². The summed E-state index contributed by atoms with van der Waals surface area (Å²) in [7, 11) is 1.32. The minimum absolute atomic E-state index is 0.00167. The molecule has 5 heteroatoms. The first-order valence-corrected chi connectivity index (χ1v) is 7.11. The molecule has 0 saturated carbocycles. The molecule has 0 spiro atoms. The molecule has 0 aliphatic rings. The minimum Gasteiger partial charge on any atom is -0.467 e. The molecule has 1 aromatic rings. The van der Waals surface area contributed by atoms with Crippen molar-refractivity contribution in [3.8, 4) is 0 Å². The number of urea groups is 1. The largest absolute Gasteiger partial charge is 0.467 e. The van der Waals surface area contributed by atoms with Crippen molar-refractivity contribution >= 4 is 17.7 Å². The number of rotatable bonds is 5. The summed E-state index contributed by atoms with van der Waals surface area (Å²) in [6, 6.07) is 4.77. The second-order valence-corrected chi connectivity index (χ2v) is 5.30. The van der Waals surface area contributed by atoms with E-state index >= 15 is 0 Å². The fraction of sp³-hybridized carbons (Fsp3) is 0.500. The van der Waals surface area contributed by atoms with E-state index in [1.807, 2.05) is 45.9 Å². The van der Waals surface area contributed by atoms with Crippen LogP contribution in [0.25, 0.3) is 0 Å². The van der Waals surface area contributed by atoms with Gasteiger partial charge in [-0.25, -0.2) is 9.59 Å². The second kappa shape index (κ2) is 7.67. The van der Waals surface area contributed by atoms with E-state index in [4.69, 9.17) is 4.74 Å². The lowest BCUT2D eigenvalue weighted by Crippen LogP contribution is -2.47. The number of anilines is 1. The van der Waals surface area contributed by atoms with E-state index in [2.05, 4.69) is 10.6 Å². The lowest BCUT2D eigenvalue weighted by molar-refractivity contribution is -0.144. The molecule has 21 heavy (non-hydrogen) atoms. The van der Waals surface area contributed by atoms with Gasteiger partial charge in [-0.2, -0.15) is 0 Å². The maximum Gasteiger partial charge on any atom is 0.328 e. The maximum absolute atomic E-state index is 12.1. The highest BCUT2D eigenvalue weighted by Crippen LogP contribution is 2.16. The quantitative estimate of drug-likeness (QED) is 0.820. The average Bonchev–Trinajstić information content (AvgIpc) is 2.47. The molecule has 0 bridgehead atoms. The van der Waals surface area contributed by atoms with Gasteiger partial charge in [-0.1, -0.05) is 32.4 Å². The normalized spacial score (nSPS) is 13.2. The molecule has 2 amide bonds. The van der Waals surface area contributed by atoms with Crippen molar-refractivity contribution in [2.45, 2.75) is 40.2 Å². The van der Waals surface area contributed by atoms with Crippen LogP contribution in [0.1, 0.15) is 31.4 Å². The molecule has 0 saturated heterocycles. The van der Waals surface area contributed by atoms with Crippen LogP contribution in [0.4, 0.5) is 10.5 Å². The highest BCUT2D eigenvalue weighted by Gasteiger charge is 2.26. The lowest BCUT2D eigenvalue weighted by Gasteiger charge is -2.22. The van der Waals surface area contributed by atoms with E-state index in [0.717, 1.165) is 23.2 Å². The van der Waals surface area contributed by atoms with Crippen LogP contribution in [0.3, 0.4) is 0 Å². The molecule has 1 rings (SSSR count). The number of hydrogen-bond acceptors (Lipinski definition) is 3. The van der Waals surface area contributed by atoms with Crippen LogP contribution in [-0.2, 0) is 9.53 Å². The van der Waals surface area contributed by atoms with Crippen LogP contribution in [-0.4, -0.2) is 25.2 Å². The summed E-state index contributed by atoms with van der Waals surface area (Å²) in [6.45, 7) is 7.74. The monoisotopic (exact) mass is 292 g/mol. The number of aryl methyl sites for hydroxylation is 2. The standard InChI is InChI=1S/C16H24N2O3/c1-6-11(3)14(15(19)21-5)18-16(20)17-13-9-10(2)7-8-12(13)4/h7-9,11,14H,6H2,1-5H3,(H2,17,18,20)/t11-,14+/m0/s1. The zero-order chi connectivity index (χ0) is 16.0. The first kappa shape index (κ1) is 17.0. The van der Waals surface area contributed by atoms with Crippen molar-refractivity contribution in [2.75, 3.05) is 12.4 Å². The molecule has 2 atom stereocenters. The number of ether oxygens (including phenoxy) is 1. The van der Waals surface area contributed by atoms with E-state index in [9.17, 15) is 9.59 Å². The third-order valence-corrected chi connectivity index (χ3v) is 3.60. The zero-order valence-corrected chi connectivity index (χ0v) is 13.3. The topological polar surface area (TPSA) is 67.4 Å². The Kier molecular flexibility index (Phi) is 6.21. The van der Waals surface area contributed by atoms with Crippen LogP contribution < -0.4 is 10.6 Å². The molecule has 116 valence electrons. The summed E-state index contributed by atoms with van der Waals surface area (Å²) in [5.74, 6) is -0.428. The molecular formula is C16H24N2O3. The molecule has 0 aromatic heterocycles. The predicted molar refractivity (Wildman–Crippen MR) is 83.3 cm³/mol. The van der Waals surface area contributed by atoms with Crippen LogP contribution in [0.5, 0.6) is 0 Å². The Morgan fingerprint density at radius 1 is 1.29 bits per heavy atom. The molecule has 0 heterocycles. The summed E-state index contributed by atoms with van der Waals surface area (Å²) in [5, 5.41) is 5.47. The van der Waals surface area contributed by atoms with E-state index in [1.54, 1.807) is 0 Å². The van der Waals surface area contributed by atoms with Crippen molar-refractivity contribution in [1.82, 2.24) is 5.32 Å². The van der Waals surface area contributed by atoms with Gasteiger partial charge in [0.2, 0.25) is 0 Å². The first-order valence-electron chi connectivity index (χ1n) is 7.11. The van der Waals surface area contributed by atoms with Gasteiger partial charge in [0, 0.05) is 5.69 Å². The summed E-state index contributed by atoms with van der Waals surface area (Å²) in [5.41, 5.74) is 2.76. The van der Waals surface area contributed by atoms with Gasteiger partial charge < -0.3 is 15.4 Å². The predicted octanol–water partition coefficient (Wildman–Crippen LogP) is 3.01. The number of nitrogens with one attached hydrogen (secondary N) is 2. The lowest BCUT2D eigenvalue weighted by atomic mass is 9.99. The van der Waals surface area contributed by atoms with Crippen LogP contribution in [0, 0.1) is 19.8 Å². The fourth-order valence-corrected chi connectivity index (χ4v) is 1.97. The van der Waals surface area contributed by atoms with Crippen molar-refractivity contribution in [2.24, 2.45) is 5.92 Å². The second-order valence-electron chi connectivity index (χ2n) is 5.30. The van der Waals surface area contributed by atoms with Gasteiger partial charge in [-0.3, -0.25) is 0 Å². The molecule has 5 nitrogen and oxygen atoms in total. The van der Waals surface area contributed by atoms with Crippen LogP contribution in [0.15, 0.2) is 18.2 Å². The number of methoxy groups -OCH3 is 1. The summed E-state index contributed by atoms with van der Waals surface area (Å²) in [6.07, 6.45) is 0.767. The highest BCUT2D eigenvalue weighted by molar-refractivity contribution is 5.93. The molecule has 0 aliphatic heterocycles. The van der Waals surface area contributed by atoms with Gasteiger partial charge in [0.25, 0.3) is 0 Å². The molecular weight excluding hydrogens is 268 g/mol.